The molecule has 124 valence electrons. The van der Waals surface area contributed by atoms with Gasteiger partial charge >= 0.3 is 0 Å². The van der Waals surface area contributed by atoms with E-state index in [-0.39, 0.29) is 12.0 Å². The summed E-state index contributed by atoms with van der Waals surface area (Å²) in [6, 6.07) is 22.8. The maximum atomic E-state index is 5.96. The van der Waals surface area contributed by atoms with Gasteiger partial charge in [-0.2, -0.15) is 0 Å². The summed E-state index contributed by atoms with van der Waals surface area (Å²) in [5.74, 6) is 1.29. The minimum atomic E-state index is 0.270. The Labute approximate surface area is 148 Å². The van der Waals surface area contributed by atoms with Crippen molar-refractivity contribution in [2.45, 2.75) is 25.3 Å². The van der Waals surface area contributed by atoms with Crippen molar-refractivity contribution in [1.29, 1.82) is 0 Å². The predicted octanol–water partition coefficient (Wildman–Crippen LogP) is 5.81. The molecule has 0 aliphatic heterocycles. The number of rotatable bonds is 7. The van der Waals surface area contributed by atoms with Crippen LogP contribution in [0.2, 0.25) is 5.02 Å². The van der Waals surface area contributed by atoms with Crippen LogP contribution in [0.25, 0.3) is 0 Å². The highest BCUT2D eigenvalue weighted by Gasteiger charge is 2.17. The van der Waals surface area contributed by atoms with Gasteiger partial charge in [-0.25, -0.2) is 0 Å². The molecule has 0 spiro atoms. The summed E-state index contributed by atoms with van der Waals surface area (Å²) in [5, 5.41) is 4.37. The molecule has 2 atom stereocenters. The first-order valence-corrected chi connectivity index (χ1v) is 8.69. The van der Waals surface area contributed by atoms with E-state index < -0.39 is 0 Å². The first-order valence-electron chi connectivity index (χ1n) is 8.31. The van der Waals surface area contributed by atoms with Crippen LogP contribution >= 0.6 is 11.6 Å². The van der Waals surface area contributed by atoms with Gasteiger partial charge in [-0.15, -0.1) is 0 Å². The first kappa shape index (κ1) is 16.8. The Morgan fingerprint density at radius 2 is 1.67 bits per heavy atom. The van der Waals surface area contributed by atoms with Gasteiger partial charge in [0.25, 0.3) is 0 Å². The lowest BCUT2D eigenvalue weighted by Gasteiger charge is -2.19. The van der Waals surface area contributed by atoms with Gasteiger partial charge in [-0.05, 0) is 55.3 Å². The van der Waals surface area contributed by atoms with Gasteiger partial charge in [0.15, 0.2) is 0 Å². The minimum absolute atomic E-state index is 0.270. The molecule has 0 radical (unpaired) electrons. The van der Waals surface area contributed by atoms with Crippen molar-refractivity contribution in [2.75, 3.05) is 6.54 Å². The van der Waals surface area contributed by atoms with Crippen LogP contribution in [0, 0.1) is 0 Å². The van der Waals surface area contributed by atoms with Crippen LogP contribution in [0.5, 0.6) is 0 Å². The number of furan rings is 1. The monoisotopic (exact) mass is 339 g/mol. The predicted molar refractivity (Wildman–Crippen MR) is 99.5 cm³/mol. The standard InChI is InChI=1S/C21H22ClNO/c1-16(17-9-11-19(22)12-10-17)23-14-13-20(21-8-5-15-24-21)18-6-3-2-4-7-18/h2-12,15-16,20,23H,13-14H2,1H3/t16-,20+/m0/s1. The van der Waals surface area contributed by atoms with Crippen LogP contribution < -0.4 is 5.32 Å². The molecule has 3 aromatic rings. The molecule has 0 aliphatic carbocycles. The Morgan fingerprint density at radius 3 is 2.33 bits per heavy atom. The Balaban J connectivity index is 1.63. The minimum Gasteiger partial charge on any atom is -0.469 e. The SMILES string of the molecule is C[C@H](NCC[C@H](c1ccccc1)c1ccco1)c1ccc(Cl)cc1. The maximum absolute atomic E-state index is 5.96. The molecule has 1 aromatic heterocycles. The van der Waals surface area contributed by atoms with Gasteiger partial charge in [0.1, 0.15) is 5.76 Å². The van der Waals surface area contributed by atoms with E-state index >= 15 is 0 Å². The van der Waals surface area contributed by atoms with E-state index in [1.165, 1.54) is 11.1 Å². The Morgan fingerprint density at radius 1 is 0.917 bits per heavy atom. The van der Waals surface area contributed by atoms with Gasteiger partial charge in [0.05, 0.1) is 6.26 Å². The molecular formula is C21H22ClNO. The van der Waals surface area contributed by atoms with Gasteiger partial charge in [0.2, 0.25) is 0 Å². The van der Waals surface area contributed by atoms with E-state index in [1.807, 2.05) is 24.3 Å². The number of hydrogen-bond acceptors (Lipinski definition) is 2. The third-order valence-corrected chi connectivity index (χ3v) is 4.59. The van der Waals surface area contributed by atoms with E-state index in [0.717, 1.165) is 23.7 Å². The van der Waals surface area contributed by atoms with Crippen molar-refractivity contribution in [3.8, 4) is 0 Å². The summed E-state index contributed by atoms with van der Waals surface area (Å²) < 4.78 is 5.66. The lowest BCUT2D eigenvalue weighted by molar-refractivity contribution is 0.457. The average Bonchev–Trinajstić information content (AvgIpc) is 3.14. The van der Waals surface area contributed by atoms with Gasteiger partial charge < -0.3 is 9.73 Å². The second-order valence-corrected chi connectivity index (χ2v) is 6.43. The van der Waals surface area contributed by atoms with Crippen molar-refractivity contribution in [1.82, 2.24) is 5.32 Å². The molecule has 0 amide bonds. The zero-order valence-electron chi connectivity index (χ0n) is 13.8. The van der Waals surface area contributed by atoms with E-state index in [2.05, 4.69) is 54.7 Å². The summed E-state index contributed by atoms with van der Waals surface area (Å²) in [5.41, 5.74) is 2.53. The number of hydrogen-bond donors (Lipinski definition) is 1. The fourth-order valence-electron chi connectivity index (χ4n) is 2.96. The largest absolute Gasteiger partial charge is 0.469 e. The molecule has 0 unspecified atom stereocenters. The van der Waals surface area contributed by atoms with Crippen LogP contribution in [0.4, 0.5) is 0 Å². The fourth-order valence-corrected chi connectivity index (χ4v) is 3.09. The molecule has 1 N–H and O–H groups in total. The van der Waals surface area contributed by atoms with Gasteiger partial charge in [-0.3, -0.25) is 0 Å². The quantitative estimate of drug-likeness (QED) is 0.588. The summed E-state index contributed by atoms with van der Waals surface area (Å²) in [6.07, 6.45) is 2.73. The summed E-state index contributed by atoms with van der Waals surface area (Å²) in [6.45, 7) is 3.08. The molecule has 2 aromatic carbocycles. The van der Waals surface area contributed by atoms with Crippen LogP contribution in [0.15, 0.2) is 77.4 Å². The third-order valence-electron chi connectivity index (χ3n) is 4.34. The molecule has 0 saturated carbocycles. The summed E-state index contributed by atoms with van der Waals surface area (Å²) in [7, 11) is 0. The summed E-state index contributed by atoms with van der Waals surface area (Å²) in [4.78, 5) is 0. The van der Waals surface area contributed by atoms with E-state index in [1.54, 1.807) is 6.26 Å². The lowest BCUT2D eigenvalue weighted by atomic mass is 9.93. The van der Waals surface area contributed by atoms with Crippen LogP contribution in [0.1, 0.15) is 42.2 Å². The van der Waals surface area contributed by atoms with E-state index in [0.29, 0.717) is 0 Å². The number of benzene rings is 2. The second-order valence-electron chi connectivity index (χ2n) is 5.99. The van der Waals surface area contributed by atoms with E-state index in [4.69, 9.17) is 16.0 Å². The molecule has 0 saturated heterocycles. The molecule has 3 rings (SSSR count). The number of nitrogens with one attached hydrogen (secondary N) is 1. The van der Waals surface area contributed by atoms with Crippen molar-refractivity contribution < 1.29 is 4.42 Å². The first-order chi connectivity index (χ1) is 11.7. The van der Waals surface area contributed by atoms with Crippen molar-refractivity contribution in [3.63, 3.8) is 0 Å². The Bertz CT molecular complexity index is 722. The molecule has 1 heterocycles. The Kier molecular flexibility index (Phi) is 5.73. The van der Waals surface area contributed by atoms with Crippen LogP contribution in [-0.2, 0) is 0 Å². The molecule has 0 bridgehead atoms. The lowest BCUT2D eigenvalue weighted by Crippen LogP contribution is -2.21. The van der Waals surface area contributed by atoms with Gasteiger partial charge in [-0.1, -0.05) is 54.1 Å². The molecular weight excluding hydrogens is 318 g/mol. The van der Waals surface area contributed by atoms with Crippen LogP contribution in [-0.4, -0.2) is 6.54 Å². The fraction of sp³-hybridized carbons (Fsp3) is 0.238. The smallest absolute Gasteiger partial charge is 0.111 e. The molecule has 2 nitrogen and oxygen atoms in total. The average molecular weight is 340 g/mol. The van der Waals surface area contributed by atoms with Gasteiger partial charge in [0, 0.05) is 17.0 Å². The van der Waals surface area contributed by atoms with Crippen molar-refractivity contribution in [3.05, 3.63) is 94.9 Å². The topological polar surface area (TPSA) is 25.2 Å². The third kappa shape index (κ3) is 4.28. The molecule has 24 heavy (non-hydrogen) atoms. The molecule has 0 fully saturated rings. The highest BCUT2D eigenvalue weighted by atomic mass is 35.5. The van der Waals surface area contributed by atoms with Crippen LogP contribution in [0.3, 0.4) is 0 Å². The Hall–Kier alpha value is -2.03. The van der Waals surface area contributed by atoms with E-state index in [9.17, 15) is 0 Å². The highest BCUT2D eigenvalue weighted by Crippen LogP contribution is 2.28. The zero-order valence-corrected chi connectivity index (χ0v) is 14.5. The van der Waals surface area contributed by atoms with Crippen molar-refractivity contribution in [2.24, 2.45) is 0 Å². The molecule has 3 heteroatoms. The van der Waals surface area contributed by atoms with Crippen molar-refractivity contribution >= 4 is 11.6 Å². The second kappa shape index (κ2) is 8.18. The zero-order chi connectivity index (χ0) is 16.8. The number of halogens is 1. The molecule has 0 aliphatic rings. The summed E-state index contributed by atoms with van der Waals surface area (Å²) >= 11 is 5.96. The normalized spacial score (nSPS) is 13.6. The highest BCUT2D eigenvalue weighted by molar-refractivity contribution is 6.30. The maximum Gasteiger partial charge on any atom is 0.111 e.